The van der Waals surface area contributed by atoms with E-state index in [1.54, 1.807) is 25.1 Å². The Kier molecular flexibility index (Phi) is 6.54. The Hall–Kier alpha value is -2.20. The topological polar surface area (TPSA) is 112 Å². The second kappa shape index (κ2) is 8.45. The fourth-order valence-electron chi connectivity index (χ4n) is 2.22. The first kappa shape index (κ1) is 20.1. The fraction of sp³-hybridized carbons (Fsp3) is 0.438. The van der Waals surface area contributed by atoms with Crippen molar-refractivity contribution >= 4 is 39.1 Å². The van der Waals surface area contributed by atoms with Gasteiger partial charge in [0.2, 0.25) is 0 Å². The van der Waals surface area contributed by atoms with Crippen molar-refractivity contribution in [3.63, 3.8) is 0 Å². The summed E-state index contributed by atoms with van der Waals surface area (Å²) in [5.74, 6) is 0.267. The fourth-order valence-corrected chi connectivity index (χ4v) is 3.62. The zero-order valence-corrected chi connectivity index (χ0v) is 16.5. The summed E-state index contributed by atoms with van der Waals surface area (Å²) in [6.07, 6.45) is 0.958. The van der Waals surface area contributed by atoms with Crippen molar-refractivity contribution < 1.29 is 13.2 Å². The summed E-state index contributed by atoms with van der Waals surface area (Å²) in [4.78, 5) is 16.5. The van der Waals surface area contributed by atoms with E-state index in [1.165, 1.54) is 6.07 Å². The minimum atomic E-state index is -3.63. The Labute approximate surface area is 158 Å². The average molecular weight is 398 g/mol. The lowest BCUT2D eigenvalue weighted by Crippen LogP contribution is -2.49. The Morgan fingerprint density at radius 2 is 1.92 bits per heavy atom. The zero-order chi connectivity index (χ0) is 19.3. The molecule has 8 nitrogen and oxygen atoms in total. The maximum Gasteiger partial charge on any atom is 0.263 e. The largest absolute Gasteiger partial charge is 0.361 e. The maximum absolute atomic E-state index is 12.1. The molecule has 2 rings (SSSR count). The van der Waals surface area contributed by atoms with Crippen molar-refractivity contribution in [1.82, 2.24) is 20.9 Å². The first-order valence-electron chi connectivity index (χ1n) is 8.24. The van der Waals surface area contributed by atoms with Gasteiger partial charge in [-0.15, -0.1) is 0 Å². The van der Waals surface area contributed by atoms with Crippen LogP contribution in [0.2, 0.25) is 0 Å². The third kappa shape index (κ3) is 5.15. The molecule has 1 aliphatic rings. The van der Waals surface area contributed by atoms with Crippen LogP contribution in [0.3, 0.4) is 0 Å². The highest BCUT2D eigenvalue weighted by Crippen LogP contribution is 2.22. The number of benzene rings is 1. The van der Waals surface area contributed by atoms with Crippen molar-refractivity contribution in [2.45, 2.75) is 38.1 Å². The molecule has 0 bridgehead atoms. The quantitative estimate of drug-likeness (QED) is 0.429. The van der Waals surface area contributed by atoms with Crippen LogP contribution < -0.4 is 20.9 Å². The van der Waals surface area contributed by atoms with Crippen LogP contribution in [-0.4, -0.2) is 37.9 Å². The number of hydrogen-bond acceptors (Lipinski definition) is 5. The molecule has 0 spiro atoms. The maximum atomic E-state index is 12.1. The van der Waals surface area contributed by atoms with Gasteiger partial charge >= 0.3 is 0 Å². The normalized spacial score (nSPS) is 17.3. The lowest BCUT2D eigenvalue weighted by Gasteiger charge is -2.14. The molecule has 1 aliphatic heterocycles. The van der Waals surface area contributed by atoms with Gasteiger partial charge in [-0.3, -0.25) is 25.4 Å². The van der Waals surface area contributed by atoms with Crippen molar-refractivity contribution in [2.75, 3.05) is 6.54 Å². The van der Waals surface area contributed by atoms with Crippen molar-refractivity contribution in [3.8, 4) is 0 Å². The summed E-state index contributed by atoms with van der Waals surface area (Å²) in [5, 5.41) is 3.29. The molecule has 1 aromatic rings. The lowest BCUT2D eigenvalue weighted by molar-refractivity contribution is -0.122. The predicted molar refractivity (Wildman–Crippen MR) is 104 cm³/mol. The van der Waals surface area contributed by atoms with Gasteiger partial charge in [0.25, 0.3) is 15.9 Å². The summed E-state index contributed by atoms with van der Waals surface area (Å²) < 4.78 is 26.5. The van der Waals surface area contributed by atoms with E-state index in [2.05, 4.69) is 39.7 Å². The predicted octanol–water partition coefficient (Wildman–Crippen LogP) is 0.655. The monoisotopic (exact) mass is 397 g/mol. The molecule has 1 atom stereocenters. The molecule has 0 radical (unpaired) electrons. The summed E-state index contributed by atoms with van der Waals surface area (Å²) in [6.45, 7) is 6.48. The zero-order valence-electron chi connectivity index (χ0n) is 14.9. The number of rotatable bonds is 5. The van der Waals surface area contributed by atoms with Gasteiger partial charge in [-0.25, -0.2) is 8.42 Å². The molecule has 1 aromatic carbocycles. The van der Waals surface area contributed by atoms with Crippen LogP contribution in [-0.2, 0) is 14.8 Å². The number of amides is 1. The highest BCUT2D eigenvalue weighted by atomic mass is 32.2. The molecule has 1 heterocycles. The number of nitrogens with one attached hydrogen (secondary N) is 4. The smallest absolute Gasteiger partial charge is 0.263 e. The molecular formula is C16H23N5O3S2. The van der Waals surface area contributed by atoms with E-state index in [0.29, 0.717) is 23.1 Å². The third-order valence-corrected chi connectivity index (χ3v) is 5.31. The molecule has 1 amide bonds. The van der Waals surface area contributed by atoms with E-state index in [4.69, 9.17) is 12.2 Å². The summed E-state index contributed by atoms with van der Waals surface area (Å²) in [7, 11) is -3.63. The number of carbonyl (C=O) groups is 1. The van der Waals surface area contributed by atoms with E-state index < -0.39 is 22.0 Å². The van der Waals surface area contributed by atoms with Crippen LogP contribution in [0.25, 0.3) is 0 Å². The van der Waals surface area contributed by atoms with Crippen LogP contribution in [0.1, 0.15) is 32.8 Å². The van der Waals surface area contributed by atoms with E-state index >= 15 is 0 Å². The number of carbonyl (C=O) groups excluding carboxylic acids is 1. The summed E-state index contributed by atoms with van der Waals surface area (Å²) >= 11 is 5.07. The van der Waals surface area contributed by atoms with Crippen molar-refractivity contribution in [2.24, 2.45) is 10.9 Å². The molecule has 0 saturated carbocycles. The molecule has 10 heteroatoms. The minimum absolute atomic E-state index is 0.153. The van der Waals surface area contributed by atoms with Crippen LogP contribution in [0.5, 0.6) is 0 Å². The molecule has 0 aliphatic carbocycles. The number of nitrogens with zero attached hydrogens (tertiary/aromatic N) is 1. The van der Waals surface area contributed by atoms with E-state index in [9.17, 15) is 13.2 Å². The van der Waals surface area contributed by atoms with Gasteiger partial charge in [0.05, 0.1) is 4.90 Å². The van der Waals surface area contributed by atoms with Crippen LogP contribution in [0, 0.1) is 5.92 Å². The van der Waals surface area contributed by atoms with E-state index in [0.717, 1.165) is 6.42 Å². The number of amidine groups is 1. The molecule has 26 heavy (non-hydrogen) atoms. The standard InChI is InChI=1S/C16H23N5O3S2/c1-10(2)8-9-17-16(25)20-19-15(22)11(3)18-14-12-6-4-5-7-13(12)26(23,24)21-14/h4-7,10-11H,8-9H2,1-3H3,(H,18,21)(H,19,22)(H2,17,20,25)/t11-/m0/s1. The van der Waals surface area contributed by atoms with Gasteiger partial charge in [-0.1, -0.05) is 26.0 Å². The van der Waals surface area contributed by atoms with Crippen molar-refractivity contribution in [3.05, 3.63) is 29.8 Å². The van der Waals surface area contributed by atoms with Gasteiger partial charge < -0.3 is 5.32 Å². The van der Waals surface area contributed by atoms with Crippen LogP contribution in [0.4, 0.5) is 0 Å². The molecule has 0 fully saturated rings. The number of sulfonamides is 1. The Bertz CT molecular complexity index is 821. The highest BCUT2D eigenvalue weighted by molar-refractivity contribution is 7.90. The first-order chi connectivity index (χ1) is 12.2. The van der Waals surface area contributed by atoms with Gasteiger partial charge in [-0.05, 0) is 43.6 Å². The number of aliphatic imine (C=N–C) groups is 1. The van der Waals surface area contributed by atoms with Crippen LogP contribution in [0.15, 0.2) is 34.2 Å². The molecule has 0 unspecified atom stereocenters. The minimum Gasteiger partial charge on any atom is -0.361 e. The van der Waals surface area contributed by atoms with Gasteiger partial charge in [-0.2, -0.15) is 0 Å². The second-order valence-corrected chi connectivity index (χ2v) is 8.37. The average Bonchev–Trinajstić information content (AvgIpc) is 2.83. The SMILES string of the molecule is CC(C)CCNC(=S)NNC(=O)[C@H](C)N=C1NS(=O)(=O)c2ccccc21. The molecule has 4 N–H and O–H groups in total. The van der Waals surface area contributed by atoms with E-state index in [1.807, 2.05) is 0 Å². The van der Waals surface area contributed by atoms with E-state index in [-0.39, 0.29) is 10.7 Å². The summed E-state index contributed by atoms with van der Waals surface area (Å²) in [6, 6.07) is 5.67. The third-order valence-electron chi connectivity index (χ3n) is 3.67. The first-order valence-corrected chi connectivity index (χ1v) is 10.1. The van der Waals surface area contributed by atoms with Crippen molar-refractivity contribution in [1.29, 1.82) is 0 Å². The molecule has 0 saturated heterocycles. The summed E-state index contributed by atoms with van der Waals surface area (Å²) in [5.41, 5.74) is 5.52. The Morgan fingerprint density at radius 1 is 1.23 bits per heavy atom. The van der Waals surface area contributed by atoms with Crippen LogP contribution >= 0.6 is 12.2 Å². The number of hydrazine groups is 1. The lowest BCUT2D eigenvalue weighted by atomic mass is 10.1. The molecular weight excluding hydrogens is 374 g/mol. The second-order valence-electron chi connectivity index (χ2n) is 6.31. The number of hydrogen-bond donors (Lipinski definition) is 4. The highest BCUT2D eigenvalue weighted by Gasteiger charge is 2.31. The van der Waals surface area contributed by atoms with Gasteiger partial charge in [0, 0.05) is 12.1 Å². The molecule has 142 valence electrons. The Balaban J connectivity index is 1.93. The van der Waals surface area contributed by atoms with Gasteiger partial charge in [0.15, 0.2) is 5.11 Å². The number of fused-ring (bicyclic) bond motifs is 1. The Morgan fingerprint density at radius 3 is 2.62 bits per heavy atom. The number of thiocarbonyl (C=S) groups is 1. The molecule has 0 aromatic heterocycles. The van der Waals surface area contributed by atoms with Gasteiger partial charge in [0.1, 0.15) is 11.9 Å².